The van der Waals surface area contributed by atoms with Gasteiger partial charge in [-0.1, -0.05) is 17.8 Å². The lowest BCUT2D eigenvalue weighted by atomic mass is 10.3. The number of rotatable bonds is 6. The first kappa shape index (κ1) is 16.7. The third kappa shape index (κ3) is 3.85. The second kappa shape index (κ2) is 7.63. The van der Waals surface area contributed by atoms with Gasteiger partial charge in [-0.3, -0.25) is 9.36 Å². The molecule has 128 valence electrons. The van der Waals surface area contributed by atoms with Gasteiger partial charge in [-0.25, -0.2) is 4.39 Å². The Bertz CT molecular complexity index is 718. The first-order chi connectivity index (χ1) is 11.6. The van der Waals surface area contributed by atoms with Gasteiger partial charge < -0.3 is 15.4 Å². The number of hydrogen-bond donors (Lipinski definition) is 1. The zero-order chi connectivity index (χ0) is 16.9. The van der Waals surface area contributed by atoms with E-state index in [1.165, 1.54) is 23.9 Å². The summed E-state index contributed by atoms with van der Waals surface area (Å²) in [5.41, 5.74) is 5.82. The van der Waals surface area contributed by atoms with E-state index in [4.69, 9.17) is 10.5 Å². The summed E-state index contributed by atoms with van der Waals surface area (Å²) in [5, 5.41) is 9.08. The van der Waals surface area contributed by atoms with Crippen LogP contribution in [0.25, 0.3) is 5.69 Å². The lowest BCUT2D eigenvalue weighted by Gasteiger charge is -2.27. The number of nitrogens with zero attached hydrogens (tertiary/aromatic N) is 4. The van der Waals surface area contributed by atoms with E-state index in [0.29, 0.717) is 48.8 Å². The quantitative estimate of drug-likeness (QED) is 0.788. The van der Waals surface area contributed by atoms with Crippen molar-refractivity contribution in [3.05, 3.63) is 30.1 Å². The number of aromatic nitrogens is 3. The number of hydrogen-bond acceptors (Lipinski definition) is 6. The molecule has 1 aliphatic heterocycles. The van der Waals surface area contributed by atoms with Crippen molar-refractivity contribution in [1.82, 2.24) is 14.8 Å². The summed E-state index contributed by atoms with van der Waals surface area (Å²) < 4.78 is 20.8. The Morgan fingerprint density at radius 1 is 1.33 bits per heavy atom. The third-order valence-corrected chi connectivity index (χ3v) is 4.49. The fourth-order valence-electron chi connectivity index (χ4n) is 2.41. The number of carbonyl (C=O) groups excluding carboxylic acids is 1. The van der Waals surface area contributed by atoms with Crippen molar-refractivity contribution in [3.8, 4) is 5.69 Å². The smallest absolute Gasteiger partial charge is 0.232 e. The number of carbonyl (C=O) groups is 1. The van der Waals surface area contributed by atoms with Gasteiger partial charge in [0.2, 0.25) is 11.9 Å². The van der Waals surface area contributed by atoms with Gasteiger partial charge in [0.25, 0.3) is 0 Å². The van der Waals surface area contributed by atoms with Gasteiger partial charge >= 0.3 is 0 Å². The summed E-state index contributed by atoms with van der Waals surface area (Å²) in [6.45, 7) is 2.61. The first-order valence-corrected chi connectivity index (χ1v) is 8.59. The molecule has 1 aliphatic rings. The molecule has 9 heteroatoms. The van der Waals surface area contributed by atoms with E-state index in [-0.39, 0.29) is 18.1 Å². The largest absolute Gasteiger partial charge is 0.378 e. The number of halogens is 1. The molecule has 24 heavy (non-hydrogen) atoms. The second-order valence-corrected chi connectivity index (χ2v) is 6.32. The van der Waals surface area contributed by atoms with E-state index in [1.54, 1.807) is 16.7 Å². The molecule has 0 saturated carbocycles. The van der Waals surface area contributed by atoms with Crippen LogP contribution >= 0.6 is 11.8 Å². The molecule has 2 heterocycles. The Morgan fingerprint density at radius 3 is 2.83 bits per heavy atom. The van der Waals surface area contributed by atoms with E-state index >= 15 is 0 Å². The molecule has 0 bridgehead atoms. The maximum Gasteiger partial charge on any atom is 0.232 e. The average Bonchev–Trinajstić information content (AvgIpc) is 2.99. The van der Waals surface area contributed by atoms with Crippen LogP contribution in [0.3, 0.4) is 0 Å². The number of ether oxygens (including phenoxy) is 1. The molecular formula is C15H18FN5O2S. The maximum atomic E-state index is 13.7. The van der Waals surface area contributed by atoms with E-state index in [0.717, 1.165) is 0 Å². The van der Waals surface area contributed by atoms with Crippen molar-refractivity contribution in [2.75, 3.05) is 37.0 Å². The lowest BCUT2D eigenvalue weighted by Crippen LogP contribution is -2.37. The fourth-order valence-corrected chi connectivity index (χ4v) is 3.31. The summed E-state index contributed by atoms with van der Waals surface area (Å²) in [7, 11) is 0. The van der Waals surface area contributed by atoms with Crippen molar-refractivity contribution < 1.29 is 13.9 Å². The highest BCUT2D eigenvalue weighted by Crippen LogP contribution is 2.27. The lowest BCUT2D eigenvalue weighted by molar-refractivity contribution is -0.117. The number of thioether (sulfide) groups is 1. The maximum absolute atomic E-state index is 13.7. The molecule has 1 saturated heterocycles. The highest BCUT2D eigenvalue weighted by atomic mass is 32.2. The van der Waals surface area contributed by atoms with Crippen LogP contribution < -0.4 is 10.6 Å². The first-order valence-electron chi connectivity index (χ1n) is 7.60. The average molecular weight is 351 g/mol. The Kier molecular flexibility index (Phi) is 5.31. The minimum Gasteiger partial charge on any atom is -0.378 e. The Labute approximate surface area is 143 Å². The van der Waals surface area contributed by atoms with E-state index in [2.05, 4.69) is 15.1 Å². The summed E-state index contributed by atoms with van der Waals surface area (Å²) in [6, 6.07) is 6.27. The minimum atomic E-state index is -0.368. The van der Waals surface area contributed by atoms with Crippen molar-refractivity contribution >= 4 is 23.6 Å². The highest BCUT2D eigenvalue weighted by Gasteiger charge is 2.22. The van der Waals surface area contributed by atoms with Gasteiger partial charge in [-0.15, -0.1) is 10.2 Å². The minimum absolute atomic E-state index is 0.244. The summed E-state index contributed by atoms with van der Waals surface area (Å²) in [6.07, 6.45) is 0.244. The zero-order valence-corrected chi connectivity index (χ0v) is 13.8. The van der Waals surface area contributed by atoms with Gasteiger partial charge in [-0.05, 0) is 18.2 Å². The summed E-state index contributed by atoms with van der Waals surface area (Å²) in [4.78, 5) is 13.0. The Hall–Kier alpha value is -2.13. The molecular weight excluding hydrogens is 333 g/mol. The SMILES string of the molecule is NC(=O)CCSc1nnc(N2CCOCC2)n1-c1cccc(F)c1. The molecule has 3 rings (SSSR count). The van der Waals surface area contributed by atoms with Gasteiger partial charge in [0.1, 0.15) is 5.82 Å². The highest BCUT2D eigenvalue weighted by molar-refractivity contribution is 7.99. The van der Waals surface area contributed by atoms with Crippen LogP contribution in [0.5, 0.6) is 0 Å². The standard InChI is InChI=1S/C15H18FN5O2S/c16-11-2-1-3-12(10-11)21-14(20-5-7-23-8-6-20)18-19-15(21)24-9-4-13(17)22/h1-3,10H,4-9H2,(H2,17,22). The molecule has 0 atom stereocenters. The molecule has 1 fully saturated rings. The van der Waals surface area contributed by atoms with Crippen LogP contribution in [-0.4, -0.2) is 52.7 Å². The molecule has 1 aromatic heterocycles. The van der Waals surface area contributed by atoms with Crippen LogP contribution in [-0.2, 0) is 9.53 Å². The molecule has 0 unspecified atom stereocenters. The van der Waals surface area contributed by atoms with Crippen molar-refractivity contribution in [2.45, 2.75) is 11.6 Å². The normalized spacial score (nSPS) is 14.8. The molecule has 0 aliphatic carbocycles. The van der Waals surface area contributed by atoms with Crippen LogP contribution in [0.4, 0.5) is 10.3 Å². The second-order valence-electron chi connectivity index (χ2n) is 5.26. The van der Waals surface area contributed by atoms with Crippen LogP contribution in [0.2, 0.25) is 0 Å². The van der Waals surface area contributed by atoms with Crippen LogP contribution in [0.15, 0.2) is 29.4 Å². The van der Waals surface area contributed by atoms with Crippen molar-refractivity contribution in [2.24, 2.45) is 5.73 Å². The Balaban J connectivity index is 1.93. The Morgan fingerprint density at radius 2 is 2.12 bits per heavy atom. The van der Waals surface area contributed by atoms with Crippen molar-refractivity contribution in [3.63, 3.8) is 0 Å². The monoisotopic (exact) mass is 351 g/mol. The molecule has 7 nitrogen and oxygen atoms in total. The predicted molar refractivity (Wildman–Crippen MR) is 88.9 cm³/mol. The van der Waals surface area contributed by atoms with Crippen LogP contribution in [0.1, 0.15) is 6.42 Å². The summed E-state index contributed by atoms with van der Waals surface area (Å²) in [5.74, 6) is 0.437. The van der Waals surface area contributed by atoms with Gasteiger partial charge in [0.15, 0.2) is 5.16 Å². The number of nitrogens with two attached hydrogens (primary N) is 1. The predicted octanol–water partition coefficient (Wildman–Crippen LogP) is 1.21. The molecule has 2 N–H and O–H groups in total. The fraction of sp³-hybridized carbons (Fsp3) is 0.400. The van der Waals surface area contributed by atoms with E-state index < -0.39 is 0 Å². The van der Waals surface area contributed by atoms with Gasteiger partial charge in [0.05, 0.1) is 18.9 Å². The van der Waals surface area contributed by atoms with Crippen molar-refractivity contribution in [1.29, 1.82) is 0 Å². The topological polar surface area (TPSA) is 86.3 Å². The zero-order valence-electron chi connectivity index (χ0n) is 13.0. The molecule has 0 radical (unpaired) electrons. The number of primary amides is 1. The van der Waals surface area contributed by atoms with E-state index in [1.807, 2.05) is 0 Å². The molecule has 1 aromatic carbocycles. The number of morpholine rings is 1. The number of anilines is 1. The van der Waals surface area contributed by atoms with Crippen LogP contribution in [0, 0.1) is 5.82 Å². The number of benzene rings is 1. The van der Waals surface area contributed by atoms with E-state index in [9.17, 15) is 9.18 Å². The van der Waals surface area contributed by atoms with Gasteiger partial charge in [-0.2, -0.15) is 0 Å². The molecule has 0 spiro atoms. The van der Waals surface area contributed by atoms with Gasteiger partial charge in [0, 0.05) is 25.3 Å². The molecule has 1 amide bonds. The summed E-state index contributed by atoms with van der Waals surface area (Å²) >= 11 is 1.37. The third-order valence-electron chi connectivity index (χ3n) is 3.56. The molecule has 2 aromatic rings. The number of amides is 1.